The first kappa shape index (κ1) is 19.5. The van der Waals surface area contributed by atoms with E-state index in [0.717, 1.165) is 47.0 Å². The monoisotopic (exact) mass is 414 g/mol. The molecule has 5 nitrogen and oxygen atoms in total. The topological polar surface area (TPSA) is 66.0 Å². The molecule has 2 aromatic heterocycles. The van der Waals surface area contributed by atoms with Crippen molar-refractivity contribution in [3.8, 4) is 10.6 Å². The molecule has 1 amide bonds. The lowest BCUT2D eigenvalue weighted by molar-refractivity contribution is -0.116. The van der Waals surface area contributed by atoms with E-state index in [1.165, 1.54) is 15.1 Å². The molecule has 0 fully saturated rings. The first-order chi connectivity index (χ1) is 13.7. The smallest absolute Gasteiger partial charge is 0.226 e. The number of nitrogens with one attached hydrogen (secondary N) is 3. The SMILES string of the molecule is CC[C@@H](C)NCCC(=O)Nc1sc2c(c1-c1nc3ccccc3s1)CCNC2. The quantitative estimate of drug-likeness (QED) is 0.537. The zero-order valence-electron chi connectivity index (χ0n) is 16.3. The van der Waals surface area contributed by atoms with Crippen molar-refractivity contribution in [2.45, 2.75) is 45.7 Å². The zero-order chi connectivity index (χ0) is 19.5. The number of hydrogen-bond acceptors (Lipinski definition) is 6. The highest BCUT2D eigenvalue weighted by Gasteiger charge is 2.25. The van der Waals surface area contributed by atoms with Gasteiger partial charge in [0.05, 0.1) is 10.2 Å². The van der Waals surface area contributed by atoms with Crippen LogP contribution in [0.3, 0.4) is 0 Å². The summed E-state index contributed by atoms with van der Waals surface area (Å²) in [5.74, 6) is 0.0599. The Labute approximate surface area is 173 Å². The van der Waals surface area contributed by atoms with Crippen LogP contribution >= 0.6 is 22.7 Å². The molecule has 3 aromatic rings. The van der Waals surface area contributed by atoms with Crippen LogP contribution in [-0.4, -0.2) is 30.0 Å². The van der Waals surface area contributed by atoms with Gasteiger partial charge in [0.25, 0.3) is 0 Å². The number of benzene rings is 1. The lowest BCUT2D eigenvalue weighted by Crippen LogP contribution is -2.28. The second kappa shape index (κ2) is 8.69. The van der Waals surface area contributed by atoms with E-state index in [0.29, 0.717) is 19.0 Å². The van der Waals surface area contributed by atoms with Gasteiger partial charge in [-0.1, -0.05) is 19.1 Å². The molecule has 0 spiro atoms. The maximum absolute atomic E-state index is 12.6. The van der Waals surface area contributed by atoms with E-state index < -0.39 is 0 Å². The molecule has 1 aromatic carbocycles. The Bertz CT molecular complexity index is 945. The molecule has 0 saturated carbocycles. The van der Waals surface area contributed by atoms with Gasteiger partial charge >= 0.3 is 0 Å². The minimum atomic E-state index is 0.0599. The number of anilines is 1. The predicted octanol–water partition coefficient (Wildman–Crippen LogP) is 4.39. The Balaban J connectivity index is 1.60. The second-order valence-corrected chi connectivity index (χ2v) is 9.32. The Morgan fingerprint density at radius 3 is 3.00 bits per heavy atom. The van der Waals surface area contributed by atoms with Gasteiger partial charge in [-0.25, -0.2) is 4.98 Å². The van der Waals surface area contributed by atoms with Gasteiger partial charge in [-0.05, 0) is 44.0 Å². The van der Waals surface area contributed by atoms with Crippen LogP contribution in [0.25, 0.3) is 20.8 Å². The fourth-order valence-electron chi connectivity index (χ4n) is 3.39. The van der Waals surface area contributed by atoms with Crippen LogP contribution in [0.4, 0.5) is 5.00 Å². The summed E-state index contributed by atoms with van der Waals surface area (Å²) in [5.41, 5.74) is 3.49. The van der Waals surface area contributed by atoms with Gasteiger partial charge in [-0.15, -0.1) is 22.7 Å². The molecule has 28 heavy (non-hydrogen) atoms. The van der Waals surface area contributed by atoms with E-state index >= 15 is 0 Å². The molecule has 1 atom stereocenters. The van der Waals surface area contributed by atoms with E-state index in [1.807, 2.05) is 12.1 Å². The van der Waals surface area contributed by atoms with Crippen LogP contribution in [-0.2, 0) is 17.8 Å². The third kappa shape index (κ3) is 4.12. The molecule has 0 bridgehead atoms. The number of carbonyl (C=O) groups is 1. The molecule has 0 radical (unpaired) electrons. The molecule has 7 heteroatoms. The average Bonchev–Trinajstić information content (AvgIpc) is 3.27. The van der Waals surface area contributed by atoms with E-state index in [9.17, 15) is 4.79 Å². The molecule has 1 aliphatic rings. The van der Waals surface area contributed by atoms with E-state index in [2.05, 4.69) is 41.9 Å². The lowest BCUT2D eigenvalue weighted by Gasteiger charge is -2.13. The molecule has 1 aliphatic heterocycles. The van der Waals surface area contributed by atoms with E-state index in [-0.39, 0.29) is 5.91 Å². The number of nitrogens with zero attached hydrogens (tertiary/aromatic N) is 1. The Morgan fingerprint density at radius 1 is 1.32 bits per heavy atom. The van der Waals surface area contributed by atoms with Crippen LogP contribution < -0.4 is 16.0 Å². The minimum absolute atomic E-state index is 0.0599. The number of amides is 1. The molecule has 0 saturated heterocycles. The molecule has 3 N–H and O–H groups in total. The van der Waals surface area contributed by atoms with Gasteiger partial charge in [0.2, 0.25) is 5.91 Å². The van der Waals surface area contributed by atoms with E-state index in [4.69, 9.17) is 4.98 Å². The largest absolute Gasteiger partial charge is 0.317 e. The van der Waals surface area contributed by atoms with Crippen LogP contribution in [0.1, 0.15) is 37.1 Å². The zero-order valence-corrected chi connectivity index (χ0v) is 17.9. The summed E-state index contributed by atoms with van der Waals surface area (Å²) < 4.78 is 1.18. The lowest BCUT2D eigenvalue weighted by atomic mass is 10.0. The number of aromatic nitrogens is 1. The van der Waals surface area contributed by atoms with Gasteiger partial charge in [-0.3, -0.25) is 4.79 Å². The van der Waals surface area contributed by atoms with Crippen LogP contribution in [0.15, 0.2) is 24.3 Å². The van der Waals surface area contributed by atoms with Crippen molar-refractivity contribution >= 4 is 43.8 Å². The van der Waals surface area contributed by atoms with Gasteiger partial charge < -0.3 is 16.0 Å². The number of thiophene rings is 1. The van der Waals surface area contributed by atoms with Crippen molar-refractivity contribution in [3.05, 3.63) is 34.7 Å². The first-order valence-electron chi connectivity index (χ1n) is 9.90. The maximum Gasteiger partial charge on any atom is 0.226 e. The fourth-order valence-corrected chi connectivity index (χ4v) is 5.74. The van der Waals surface area contributed by atoms with Crippen molar-refractivity contribution in [2.75, 3.05) is 18.4 Å². The number of fused-ring (bicyclic) bond motifs is 2. The van der Waals surface area contributed by atoms with Crippen molar-refractivity contribution in [1.82, 2.24) is 15.6 Å². The third-order valence-corrected chi connectivity index (χ3v) is 7.35. The Hall–Kier alpha value is -1.80. The number of carbonyl (C=O) groups excluding carboxylic acids is 1. The second-order valence-electron chi connectivity index (χ2n) is 7.18. The molecule has 0 aliphatic carbocycles. The average molecular weight is 415 g/mol. The van der Waals surface area contributed by atoms with Crippen LogP contribution in [0.5, 0.6) is 0 Å². The van der Waals surface area contributed by atoms with Crippen molar-refractivity contribution in [3.63, 3.8) is 0 Å². The maximum atomic E-state index is 12.6. The highest BCUT2D eigenvalue weighted by Crippen LogP contribution is 2.44. The first-order valence-corrected chi connectivity index (χ1v) is 11.5. The Morgan fingerprint density at radius 2 is 2.18 bits per heavy atom. The van der Waals surface area contributed by atoms with Crippen LogP contribution in [0.2, 0.25) is 0 Å². The highest BCUT2D eigenvalue weighted by atomic mass is 32.1. The molecule has 4 rings (SSSR count). The minimum Gasteiger partial charge on any atom is -0.317 e. The van der Waals surface area contributed by atoms with E-state index in [1.54, 1.807) is 22.7 Å². The molecular formula is C21H26N4OS2. The fraction of sp³-hybridized carbons (Fsp3) is 0.429. The summed E-state index contributed by atoms with van der Waals surface area (Å²) in [4.78, 5) is 18.8. The van der Waals surface area contributed by atoms with Gasteiger partial charge in [0.15, 0.2) is 0 Å². The summed E-state index contributed by atoms with van der Waals surface area (Å²) in [6.07, 6.45) is 2.51. The van der Waals surface area contributed by atoms with Crippen molar-refractivity contribution in [2.24, 2.45) is 0 Å². The van der Waals surface area contributed by atoms with Gasteiger partial charge in [-0.2, -0.15) is 0 Å². The number of para-hydroxylation sites is 1. The van der Waals surface area contributed by atoms with Gasteiger partial charge in [0.1, 0.15) is 10.0 Å². The summed E-state index contributed by atoms with van der Waals surface area (Å²) >= 11 is 3.40. The summed E-state index contributed by atoms with van der Waals surface area (Å²) in [6.45, 7) is 6.82. The van der Waals surface area contributed by atoms with Crippen molar-refractivity contribution in [1.29, 1.82) is 0 Å². The third-order valence-electron chi connectivity index (χ3n) is 5.15. The summed E-state index contributed by atoms with van der Waals surface area (Å²) in [7, 11) is 0. The molecule has 3 heterocycles. The normalized spacial score (nSPS) is 14.8. The number of thiazole rings is 1. The van der Waals surface area contributed by atoms with Crippen molar-refractivity contribution < 1.29 is 4.79 Å². The highest BCUT2D eigenvalue weighted by molar-refractivity contribution is 7.22. The standard InChI is InChI=1S/C21H26N4OS2/c1-3-13(2)23-11-9-18(26)25-21-19(14-8-10-22-12-17(14)28-21)20-24-15-6-4-5-7-16(15)27-20/h4-7,13,22-23H,3,8-12H2,1-2H3,(H,25,26)/t13-/m1/s1. The van der Waals surface area contributed by atoms with Gasteiger partial charge in [0, 0.05) is 36.0 Å². The molecule has 148 valence electrons. The Kier molecular flexibility index (Phi) is 6.06. The molecular weight excluding hydrogens is 388 g/mol. The predicted molar refractivity (Wildman–Crippen MR) is 119 cm³/mol. The molecule has 0 unspecified atom stereocenters. The summed E-state index contributed by atoms with van der Waals surface area (Å²) in [5, 5.41) is 12.0. The summed E-state index contributed by atoms with van der Waals surface area (Å²) in [6, 6.07) is 8.66. The number of hydrogen-bond donors (Lipinski definition) is 3. The number of rotatable bonds is 7. The van der Waals surface area contributed by atoms with Crippen LogP contribution in [0, 0.1) is 0 Å².